The summed E-state index contributed by atoms with van der Waals surface area (Å²) in [5.74, 6) is -1.90. The number of ketones is 1. The van der Waals surface area contributed by atoms with Gasteiger partial charge < -0.3 is 5.32 Å². The lowest BCUT2D eigenvalue weighted by Crippen LogP contribution is -2.21. The SMILES string of the molecule is O=C(/C=C(\Nc1ccccc1)c1ccccc1)C(F)(F)F. The first kappa shape index (κ1) is 14.8. The Morgan fingerprint density at radius 3 is 1.95 bits per heavy atom. The molecule has 0 heterocycles. The fourth-order valence-corrected chi connectivity index (χ4v) is 1.70. The third-order valence-corrected chi connectivity index (χ3v) is 2.69. The lowest BCUT2D eigenvalue weighted by Gasteiger charge is -2.12. The molecule has 21 heavy (non-hydrogen) atoms. The number of benzene rings is 2. The van der Waals surface area contributed by atoms with E-state index in [4.69, 9.17) is 0 Å². The van der Waals surface area contributed by atoms with Gasteiger partial charge in [-0.25, -0.2) is 0 Å². The zero-order valence-electron chi connectivity index (χ0n) is 10.9. The minimum Gasteiger partial charge on any atom is -0.355 e. The number of rotatable bonds is 4. The molecule has 1 N–H and O–H groups in total. The minimum atomic E-state index is -4.89. The number of carbonyl (C=O) groups excluding carboxylic acids is 1. The van der Waals surface area contributed by atoms with Crippen LogP contribution in [0, 0.1) is 0 Å². The molecule has 2 nitrogen and oxygen atoms in total. The summed E-state index contributed by atoms with van der Waals surface area (Å²) in [7, 11) is 0. The van der Waals surface area contributed by atoms with Crippen molar-refractivity contribution in [1.82, 2.24) is 0 Å². The number of halogens is 3. The Kier molecular flexibility index (Phi) is 4.42. The number of carbonyl (C=O) groups is 1. The summed E-state index contributed by atoms with van der Waals surface area (Å²) in [6.07, 6.45) is -4.32. The van der Waals surface area contributed by atoms with Crippen LogP contribution in [-0.4, -0.2) is 12.0 Å². The Labute approximate surface area is 119 Å². The van der Waals surface area contributed by atoms with E-state index in [-0.39, 0.29) is 5.70 Å². The van der Waals surface area contributed by atoms with Crippen LogP contribution in [0.5, 0.6) is 0 Å². The van der Waals surface area contributed by atoms with Gasteiger partial charge in [0.1, 0.15) is 0 Å². The van der Waals surface area contributed by atoms with E-state index in [0.29, 0.717) is 17.3 Å². The zero-order valence-corrected chi connectivity index (χ0v) is 10.9. The molecule has 0 radical (unpaired) electrons. The number of nitrogens with one attached hydrogen (secondary N) is 1. The number of para-hydroxylation sites is 1. The summed E-state index contributed by atoms with van der Waals surface area (Å²) in [6.45, 7) is 0. The molecule has 0 aliphatic carbocycles. The Morgan fingerprint density at radius 1 is 0.905 bits per heavy atom. The van der Waals surface area contributed by atoms with E-state index < -0.39 is 12.0 Å². The van der Waals surface area contributed by atoms with Crippen molar-refractivity contribution in [3.05, 3.63) is 72.3 Å². The molecule has 0 unspecified atom stereocenters. The molecule has 5 heteroatoms. The maximum absolute atomic E-state index is 12.4. The van der Waals surface area contributed by atoms with Crippen LogP contribution >= 0.6 is 0 Å². The normalized spacial score (nSPS) is 12.0. The molecule has 0 spiro atoms. The van der Waals surface area contributed by atoms with Crippen LogP contribution < -0.4 is 5.32 Å². The summed E-state index contributed by atoms with van der Waals surface area (Å²) >= 11 is 0. The van der Waals surface area contributed by atoms with Gasteiger partial charge in [-0.05, 0) is 17.7 Å². The van der Waals surface area contributed by atoms with Gasteiger partial charge >= 0.3 is 6.18 Å². The molecule has 2 aromatic carbocycles. The molecule has 2 rings (SSSR count). The zero-order chi connectivity index (χ0) is 15.3. The molecule has 0 aromatic heterocycles. The molecule has 0 saturated heterocycles. The van der Waals surface area contributed by atoms with Gasteiger partial charge in [0.15, 0.2) is 0 Å². The van der Waals surface area contributed by atoms with Crippen LogP contribution in [0.2, 0.25) is 0 Å². The van der Waals surface area contributed by atoms with Crippen molar-refractivity contribution in [2.45, 2.75) is 6.18 Å². The monoisotopic (exact) mass is 291 g/mol. The van der Waals surface area contributed by atoms with Crippen molar-refractivity contribution in [2.75, 3.05) is 5.32 Å². The van der Waals surface area contributed by atoms with Crippen molar-refractivity contribution < 1.29 is 18.0 Å². The smallest absolute Gasteiger partial charge is 0.355 e. The maximum Gasteiger partial charge on any atom is 0.454 e. The first-order valence-corrected chi connectivity index (χ1v) is 6.17. The molecule has 108 valence electrons. The van der Waals surface area contributed by atoms with E-state index in [1.807, 2.05) is 0 Å². The van der Waals surface area contributed by atoms with E-state index in [2.05, 4.69) is 5.32 Å². The molecule has 0 fully saturated rings. The molecule has 0 aliphatic heterocycles. The first-order valence-electron chi connectivity index (χ1n) is 6.17. The van der Waals surface area contributed by atoms with Crippen LogP contribution in [0.15, 0.2) is 66.7 Å². The van der Waals surface area contributed by atoms with Crippen molar-refractivity contribution in [2.24, 2.45) is 0 Å². The molecular weight excluding hydrogens is 279 g/mol. The van der Waals surface area contributed by atoms with Crippen LogP contribution in [0.3, 0.4) is 0 Å². The number of anilines is 1. The average molecular weight is 291 g/mol. The number of hydrogen-bond acceptors (Lipinski definition) is 2. The van der Waals surface area contributed by atoms with E-state index in [9.17, 15) is 18.0 Å². The average Bonchev–Trinajstić information content (AvgIpc) is 2.47. The van der Waals surface area contributed by atoms with Gasteiger partial charge in [-0.15, -0.1) is 0 Å². The molecule has 0 atom stereocenters. The molecular formula is C16H12F3NO. The van der Waals surface area contributed by atoms with Gasteiger partial charge in [0, 0.05) is 17.5 Å². The molecule has 2 aromatic rings. The second-order valence-corrected chi connectivity index (χ2v) is 4.28. The second-order valence-electron chi connectivity index (χ2n) is 4.28. The first-order chi connectivity index (χ1) is 9.97. The standard InChI is InChI=1S/C16H12F3NO/c17-16(18,19)15(21)11-14(12-7-3-1-4-8-12)20-13-9-5-2-6-10-13/h1-11,20H/b14-11-. The Hall–Kier alpha value is -2.56. The van der Waals surface area contributed by atoms with Crippen molar-refractivity contribution in [3.63, 3.8) is 0 Å². The summed E-state index contributed by atoms with van der Waals surface area (Å²) in [5.41, 5.74) is 1.20. The largest absolute Gasteiger partial charge is 0.454 e. The fraction of sp³-hybridized carbons (Fsp3) is 0.0625. The number of hydrogen-bond donors (Lipinski definition) is 1. The Morgan fingerprint density at radius 2 is 1.43 bits per heavy atom. The van der Waals surface area contributed by atoms with Crippen LogP contribution in [0.25, 0.3) is 5.70 Å². The van der Waals surface area contributed by atoms with Gasteiger partial charge in [-0.3, -0.25) is 4.79 Å². The predicted octanol–water partition coefficient (Wildman–Crippen LogP) is 4.27. The highest BCUT2D eigenvalue weighted by molar-refractivity contribution is 6.02. The fourth-order valence-electron chi connectivity index (χ4n) is 1.70. The van der Waals surface area contributed by atoms with Gasteiger partial charge in [-0.1, -0.05) is 48.5 Å². The van der Waals surface area contributed by atoms with E-state index >= 15 is 0 Å². The maximum atomic E-state index is 12.4. The lowest BCUT2D eigenvalue weighted by molar-refractivity contribution is -0.165. The van der Waals surface area contributed by atoms with Gasteiger partial charge in [0.25, 0.3) is 5.78 Å². The van der Waals surface area contributed by atoms with E-state index in [1.165, 1.54) is 0 Å². The summed E-state index contributed by atoms with van der Waals surface area (Å²) < 4.78 is 37.3. The van der Waals surface area contributed by atoms with Crippen LogP contribution in [0.1, 0.15) is 5.56 Å². The summed E-state index contributed by atoms with van der Waals surface area (Å²) in [5, 5.41) is 2.84. The predicted molar refractivity (Wildman–Crippen MR) is 75.5 cm³/mol. The lowest BCUT2D eigenvalue weighted by atomic mass is 10.1. The summed E-state index contributed by atoms with van der Waals surface area (Å²) in [4.78, 5) is 11.2. The van der Waals surface area contributed by atoms with Crippen LogP contribution in [0.4, 0.5) is 18.9 Å². The molecule has 0 aliphatic rings. The van der Waals surface area contributed by atoms with Crippen LogP contribution in [-0.2, 0) is 4.79 Å². The third-order valence-electron chi connectivity index (χ3n) is 2.69. The highest BCUT2D eigenvalue weighted by Crippen LogP contribution is 2.22. The van der Waals surface area contributed by atoms with Crippen molar-refractivity contribution in [3.8, 4) is 0 Å². The quantitative estimate of drug-likeness (QED) is 0.852. The van der Waals surface area contributed by atoms with Crippen molar-refractivity contribution >= 4 is 17.2 Å². The van der Waals surface area contributed by atoms with Crippen molar-refractivity contribution in [1.29, 1.82) is 0 Å². The molecule has 0 bridgehead atoms. The molecule has 0 amide bonds. The number of allylic oxidation sites excluding steroid dienone is 1. The Balaban J connectivity index is 2.36. The number of alkyl halides is 3. The highest BCUT2D eigenvalue weighted by Gasteiger charge is 2.36. The van der Waals surface area contributed by atoms with Gasteiger partial charge in [0.05, 0.1) is 0 Å². The minimum absolute atomic E-state index is 0.101. The summed E-state index contributed by atoms with van der Waals surface area (Å²) in [6, 6.07) is 17.1. The highest BCUT2D eigenvalue weighted by atomic mass is 19.4. The molecule has 0 saturated carbocycles. The topological polar surface area (TPSA) is 29.1 Å². The van der Waals surface area contributed by atoms with E-state index in [1.54, 1.807) is 60.7 Å². The third kappa shape index (κ3) is 4.21. The Bertz CT molecular complexity index is 634. The van der Waals surface area contributed by atoms with Gasteiger partial charge in [0.2, 0.25) is 0 Å². The second kappa shape index (κ2) is 6.26. The van der Waals surface area contributed by atoms with Gasteiger partial charge in [-0.2, -0.15) is 13.2 Å². The van der Waals surface area contributed by atoms with E-state index in [0.717, 1.165) is 0 Å².